The minimum Gasteiger partial charge on any atom is -0.378 e. The molecule has 0 radical (unpaired) electrons. The summed E-state index contributed by atoms with van der Waals surface area (Å²) in [5, 5.41) is 0. The fourth-order valence-corrected chi connectivity index (χ4v) is 2.68. The van der Waals surface area contributed by atoms with Crippen LogP contribution in [0, 0.1) is 0 Å². The molecule has 1 amide bonds. The van der Waals surface area contributed by atoms with Crippen molar-refractivity contribution in [2.45, 2.75) is 50.4 Å². The molecule has 5 heteroatoms. The Morgan fingerprint density at radius 3 is 2.47 bits per heavy atom. The number of nitrogens with zero attached hydrogens (tertiary/aromatic N) is 1. The van der Waals surface area contributed by atoms with Gasteiger partial charge in [0.1, 0.15) is 0 Å². The Bertz CT molecular complexity index is 290. The van der Waals surface area contributed by atoms with Gasteiger partial charge in [-0.2, -0.15) is 0 Å². The lowest BCUT2D eigenvalue weighted by Gasteiger charge is -2.35. The maximum Gasteiger partial charge on any atom is 0.222 e. The van der Waals surface area contributed by atoms with E-state index < -0.39 is 0 Å². The van der Waals surface area contributed by atoms with Gasteiger partial charge in [-0.3, -0.25) is 4.79 Å². The summed E-state index contributed by atoms with van der Waals surface area (Å²) in [4.78, 5) is 13.0. The lowest BCUT2D eigenvalue weighted by Crippen LogP contribution is -2.37. The van der Waals surface area contributed by atoms with Crippen molar-refractivity contribution in [1.29, 1.82) is 0 Å². The Morgan fingerprint density at radius 1 is 1.26 bits per heavy atom. The van der Waals surface area contributed by atoms with Crippen LogP contribution < -0.4 is 0 Å². The summed E-state index contributed by atoms with van der Waals surface area (Å²) >= 11 is 0. The molecule has 1 aliphatic carbocycles. The third-order valence-corrected chi connectivity index (χ3v) is 3.90. The van der Waals surface area contributed by atoms with Crippen LogP contribution in [0.5, 0.6) is 0 Å². The number of carbonyl (C=O) groups excluding carboxylic acids is 1. The molecule has 2 aliphatic rings. The lowest BCUT2D eigenvalue weighted by atomic mass is 9.92. The van der Waals surface area contributed by atoms with Crippen LogP contribution >= 0.6 is 0 Å². The fourth-order valence-electron chi connectivity index (χ4n) is 2.68. The average Bonchev–Trinajstić information content (AvgIpc) is 2.85. The van der Waals surface area contributed by atoms with Gasteiger partial charge in [0.05, 0.1) is 19.3 Å². The Labute approximate surface area is 115 Å². The van der Waals surface area contributed by atoms with E-state index in [4.69, 9.17) is 14.2 Å². The summed E-state index contributed by atoms with van der Waals surface area (Å²) in [5.74, 6) is -0.139. The van der Waals surface area contributed by atoms with Gasteiger partial charge in [0.25, 0.3) is 0 Å². The summed E-state index contributed by atoms with van der Waals surface area (Å²) < 4.78 is 17.2. The van der Waals surface area contributed by atoms with E-state index in [1.165, 1.54) is 0 Å². The van der Waals surface area contributed by atoms with Gasteiger partial charge >= 0.3 is 0 Å². The molecule has 0 aromatic rings. The van der Waals surface area contributed by atoms with Gasteiger partial charge in [-0.25, -0.2) is 0 Å². The molecule has 0 atom stereocenters. The molecule has 1 aliphatic heterocycles. The summed E-state index contributed by atoms with van der Waals surface area (Å²) in [7, 11) is 3.57. The van der Waals surface area contributed by atoms with Gasteiger partial charge in [0.2, 0.25) is 5.91 Å². The van der Waals surface area contributed by atoms with Gasteiger partial charge in [-0.15, -0.1) is 0 Å². The number of hydrogen-bond donors (Lipinski definition) is 0. The number of rotatable bonds is 5. The maximum absolute atomic E-state index is 11.4. The molecule has 0 bridgehead atoms. The molecule has 0 unspecified atom stereocenters. The standard InChI is InChI=1S/C14H25NO4/c1-15(2)13(16)4-3-9-17-12-5-7-14(8-6-12)18-10-11-19-14/h12H,3-11H2,1-2H3. The number of ether oxygens (including phenoxy) is 3. The normalized spacial score (nSPS) is 22.8. The summed E-state index contributed by atoms with van der Waals surface area (Å²) in [6.07, 6.45) is 5.49. The summed E-state index contributed by atoms with van der Waals surface area (Å²) in [6, 6.07) is 0. The van der Waals surface area contributed by atoms with Crippen molar-refractivity contribution in [1.82, 2.24) is 4.90 Å². The van der Waals surface area contributed by atoms with Crippen LogP contribution in [-0.4, -0.2) is 56.6 Å². The molecule has 5 nitrogen and oxygen atoms in total. The summed E-state index contributed by atoms with van der Waals surface area (Å²) in [5.41, 5.74) is 0. The first-order valence-corrected chi connectivity index (χ1v) is 7.21. The summed E-state index contributed by atoms with van der Waals surface area (Å²) in [6.45, 7) is 2.11. The van der Waals surface area contributed by atoms with Crippen LogP contribution in [0.15, 0.2) is 0 Å². The minimum atomic E-state index is -0.305. The number of carbonyl (C=O) groups is 1. The van der Waals surface area contributed by atoms with Crippen molar-refractivity contribution >= 4 is 5.91 Å². The van der Waals surface area contributed by atoms with Crippen molar-refractivity contribution in [2.75, 3.05) is 33.9 Å². The minimum absolute atomic E-state index is 0.166. The van der Waals surface area contributed by atoms with Crippen LogP contribution in [0.2, 0.25) is 0 Å². The average molecular weight is 271 g/mol. The first-order chi connectivity index (χ1) is 9.11. The van der Waals surface area contributed by atoms with E-state index in [0.29, 0.717) is 19.1 Å². The largest absolute Gasteiger partial charge is 0.378 e. The van der Waals surface area contributed by atoms with Crippen molar-refractivity contribution in [2.24, 2.45) is 0 Å². The zero-order valence-corrected chi connectivity index (χ0v) is 12.0. The number of amides is 1. The second-order valence-corrected chi connectivity index (χ2v) is 5.57. The molecule has 0 aromatic heterocycles. The van der Waals surface area contributed by atoms with E-state index in [-0.39, 0.29) is 11.7 Å². The van der Waals surface area contributed by atoms with E-state index in [9.17, 15) is 4.79 Å². The van der Waals surface area contributed by atoms with Gasteiger partial charge in [-0.1, -0.05) is 0 Å². The van der Waals surface area contributed by atoms with Crippen LogP contribution in [0.4, 0.5) is 0 Å². The Morgan fingerprint density at radius 2 is 1.89 bits per heavy atom. The smallest absolute Gasteiger partial charge is 0.222 e. The van der Waals surface area contributed by atoms with Gasteiger partial charge in [-0.05, 0) is 19.3 Å². The third-order valence-electron chi connectivity index (χ3n) is 3.90. The molecular formula is C14H25NO4. The highest BCUT2D eigenvalue weighted by molar-refractivity contribution is 5.75. The second kappa shape index (κ2) is 6.68. The highest BCUT2D eigenvalue weighted by Crippen LogP contribution is 2.36. The monoisotopic (exact) mass is 271 g/mol. The van der Waals surface area contributed by atoms with Gasteiger partial charge < -0.3 is 19.1 Å². The lowest BCUT2D eigenvalue weighted by molar-refractivity contribution is -0.191. The Kier molecular flexibility index (Phi) is 5.19. The van der Waals surface area contributed by atoms with Crippen molar-refractivity contribution in [3.63, 3.8) is 0 Å². The topological polar surface area (TPSA) is 48.0 Å². The molecule has 1 heterocycles. The number of hydrogen-bond acceptors (Lipinski definition) is 4. The molecule has 0 N–H and O–H groups in total. The molecule has 0 aromatic carbocycles. The Hall–Kier alpha value is -0.650. The SMILES string of the molecule is CN(C)C(=O)CCCOC1CCC2(CC1)OCCO2. The Balaban J connectivity index is 1.57. The van der Waals surface area contributed by atoms with Crippen LogP contribution in [0.1, 0.15) is 38.5 Å². The van der Waals surface area contributed by atoms with E-state index in [1.807, 2.05) is 0 Å². The first-order valence-electron chi connectivity index (χ1n) is 7.21. The van der Waals surface area contributed by atoms with Crippen molar-refractivity contribution in [3.05, 3.63) is 0 Å². The molecule has 1 spiro atoms. The molecule has 1 saturated heterocycles. The van der Waals surface area contributed by atoms with E-state index >= 15 is 0 Å². The second-order valence-electron chi connectivity index (χ2n) is 5.57. The predicted octanol–water partition coefficient (Wildman–Crippen LogP) is 1.56. The van der Waals surface area contributed by atoms with E-state index in [2.05, 4.69) is 0 Å². The molecular weight excluding hydrogens is 246 g/mol. The highest BCUT2D eigenvalue weighted by Gasteiger charge is 2.40. The van der Waals surface area contributed by atoms with Crippen LogP contribution in [-0.2, 0) is 19.0 Å². The predicted molar refractivity (Wildman–Crippen MR) is 70.8 cm³/mol. The zero-order valence-electron chi connectivity index (χ0n) is 12.0. The molecule has 2 fully saturated rings. The third kappa shape index (κ3) is 4.16. The van der Waals surface area contributed by atoms with E-state index in [0.717, 1.165) is 45.3 Å². The van der Waals surface area contributed by atoms with Gasteiger partial charge in [0, 0.05) is 40.0 Å². The van der Waals surface area contributed by atoms with Crippen molar-refractivity contribution in [3.8, 4) is 0 Å². The highest BCUT2D eigenvalue weighted by atomic mass is 16.7. The van der Waals surface area contributed by atoms with Crippen LogP contribution in [0.3, 0.4) is 0 Å². The zero-order chi connectivity index (χ0) is 13.7. The van der Waals surface area contributed by atoms with Crippen LogP contribution in [0.25, 0.3) is 0 Å². The molecule has 2 rings (SSSR count). The van der Waals surface area contributed by atoms with Gasteiger partial charge in [0.15, 0.2) is 5.79 Å². The fraction of sp³-hybridized carbons (Fsp3) is 0.929. The van der Waals surface area contributed by atoms with E-state index in [1.54, 1.807) is 19.0 Å². The maximum atomic E-state index is 11.4. The molecule has 19 heavy (non-hydrogen) atoms. The molecule has 1 saturated carbocycles. The first kappa shape index (κ1) is 14.8. The quantitative estimate of drug-likeness (QED) is 0.712. The molecule has 110 valence electrons. The van der Waals surface area contributed by atoms with Crippen molar-refractivity contribution < 1.29 is 19.0 Å².